The van der Waals surface area contributed by atoms with Gasteiger partial charge in [0.25, 0.3) is 0 Å². The van der Waals surface area contributed by atoms with Crippen molar-refractivity contribution in [2.45, 2.75) is 57.9 Å². The van der Waals surface area contributed by atoms with Crippen molar-refractivity contribution in [2.75, 3.05) is 6.54 Å². The molecule has 1 heteroatoms. The molecule has 1 aliphatic rings. The Bertz CT molecular complexity index is 167. The van der Waals surface area contributed by atoms with Crippen molar-refractivity contribution >= 4 is 0 Å². The molecule has 74 valence electrons. The van der Waals surface area contributed by atoms with Crippen LogP contribution in [0.15, 0.2) is 0 Å². The maximum absolute atomic E-state index is 3.52. The second-order valence-corrected chi connectivity index (χ2v) is 3.85. The van der Waals surface area contributed by atoms with Crippen molar-refractivity contribution < 1.29 is 0 Å². The minimum absolute atomic E-state index is 0.737. The Morgan fingerprint density at radius 1 is 1.08 bits per heavy atom. The summed E-state index contributed by atoms with van der Waals surface area (Å²) in [5.74, 6) is 5.99. The lowest BCUT2D eigenvalue weighted by atomic mass is 9.97. The standard InChI is InChI=1S/C12H21N/c1-2-3-11-13-12-9-7-5-4-6-8-10-12/h12-13H,4-11H2,1H3. The van der Waals surface area contributed by atoms with Crippen LogP contribution in [0.25, 0.3) is 0 Å². The Morgan fingerprint density at radius 3 is 2.31 bits per heavy atom. The molecule has 0 spiro atoms. The Kier molecular flexibility index (Phi) is 5.69. The molecule has 1 saturated carbocycles. The lowest BCUT2D eigenvalue weighted by Crippen LogP contribution is -2.29. The Morgan fingerprint density at radius 2 is 1.69 bits per heavy atom. The predicted molar refractivity (Wildman–Crippen MR) is 57.6 cm³/mol. The summed E-state index contributed by atoms with van der Waals surface area (Å²) in [5, 5.41) is 3.52. The molecule has 0 bridgehead atoms. The van der Waals surface area contributed by atoms with Crippen LogP contribution < -0.4 is 5.32 Å². The zero-order valence-electron chi connectivity index (χ0n) is 8.73. The molecule has 0 aromatic heterocycles. The van der Waals surface area contributed by atoms with Gasteiger partial charge in [0.1, 0.15) is 0 Å². The van der Waals surface area contributed by atoms with Gasteiger partial charge < -0.3 is 5.32 Å². The van der Waals surface area contributed by atoms with Gasteiger partial charge in [0.15, 0.2) is 0 Å². The number of hydrogen-bond acceptors (Lipinski definition) is 1. The Labute approximate surface area is 82.3 Å². The molecule has 1 N–H and O–H groups in total. The maximum Gasteiger partial charge on any atom is 0.0578 e. The van der Waals surface area contributed by atoms with E-state index >= 15 is 0 Å². The molecule has 1 aliphatic carbocycles. The topological polar surface area (TPSA) is 12.0 Å². The van der Waals surface area contributed by atoms with Crippen LogP contribution in [0.3, 0.4) is 0 Å². The first kappa shape index (κ1) is 10.6. The first-order chi connectivity index (χ1) is 6.43. The zero-order chi connectivity index (χ0) is 9.36. The van der Waals surface area contributed by atoms with Crippen LogP contribution in [0.1, 0.15) is 51.9 Å². The van der Waals surface area contributed by atoms with E-state index in [2.05, 4.69) is 17.2 Å². The summed E-state index contributed by atoms with van der Waals surface area (Å²) in [4.78, 5) is 0. The summed E-state index contributed by atoms with van der Waals surface area (Å²) in [5.41, 5.74) is 0. The van der Waals surface area contributed by atoms with Gasteiger partial charge in [0.2, 0.25) is 0 Å². The van der Waals surface area contributed by atoms with Crippen LogP contribution >= 0.6 is 0 Å². The highest BCUT2D eigenvalue weighted by Gasteiger charge is 2.09. The normalized spacial score (nSPS) is 19.8. The molecule has 0 radical (unpaired) electrons. The minimum atomic E-state index is 0.737. The molecule has 1 nitrogen and oxygen atoms in total. The SMILES string of the molecule is CC#CCNC1CCCCCCC1. The Hall–Kier alpha value is -0.480. The van der Waals surface area contributed by atoms with E-state index in [4.69, 9.17) is 0 Å². The van der Waals surface area contributed by atoms with Gasteiger partial charge in [0, 0.05) is 6.04 Å². The number of nitrogens with one attached hydrogen (secondary N) is 1. The lowest BCUT2D eigenvalue weighted by molar-refractivity contribution is 0.403. The molecule has 0 amide bonds. The molecule has 0 saturated heterocycles. The first-order valence-corrected chi connectivity index (χ1v) is 5.56. The van der Waals surface area contributed by atoms with Crippen LogP contribution in [0.5, 0.6) is 0 Å². The van der Waals surface area contributed by atoms with Crippen LogP contribution in [-0.4, -0.2) is 12.6 Å². The van der Waals surface area contributed by atoms with Crippen molar-refractivity contribution in [1.82, 2.24) is 5.32 Å². The summed E-state index contributed by atoms with van der Waals surface area (Å²) in [6.45, 7) is 2.78. The van der Waals surface area contributed by atoms with E-state index in [0.29, 0.717) is 0 Å². The first-order valence-electron chi connectivity index (χ1n) is 5.56. The average molecular weight is 179 g/mol. The van der Waals surface area contributed by atoms with Crippen LogP contribution in [0.4, 0.5) is 0 Å². The predicted octanol–water partition coefficient (Wildman–Crippen LogP) is 2.71. The monoisotopic (exact) mass is 179 g/mol. The van der Waals surface area contributed by atoms with Crippen LogP contribution in [0, 0.1) is 11.8 Å². The van der Waals surface area contributed by atoms with Crippen molar-refractivity contribution in [3.8, 4) is 11.8 Å². The second kappa shape index (κ2) is 6.97. The molecular weight excluding hydrogens is 158 g/mol. The van der Waals surface area contributed by atoms with Gasteiger partial charge in [0.05, 0.1) is 6.54 Å². The molecule has 0 aromatic rings. The molecular formula is C12H21N. The maximum atomic E-state index is 3.52. The molecule has 0 aromatic carbocycles. The Balaban J connectivity index is 2.16. The van der Waals surface area contributed by atoms with E-state index in [0.717, 1.165) is 12.6 Å². The van der Waals surface area contributed by atoms with Crippen molar-refractivity contribution in [2.24, 2.45) is 0 Å². The summed E-state index contributed by atoms with van der Waals surface area (Å²) < 4.78 is 0. The van der Waals surface area contributed by atoms with E-state index in [1.807, 2.05) is 6.92 Å². The van der Waals surface area contributed by atoms with Gasteiger partial charge in [-0.05, 0) is 19.8 Å². The highest BCUT2D eigenvalue weighted by atomic mass is 14.9. The molecule has 1 fully saturated rings. The van der Waals surface area contributed by atoms with E-state index in [1.165, 1.54) is 44.9 Å². The van der Waals surface area contributed by atoms with E-state index < -0.39 is 0 Å². The highest BCUT2D eigenvalue weighted by molar-refractivity contribution is 4.97. The lowest BCUT2D eigenvalue weighted by Gasteiger charge is -2.19. The third-order valence-corrected chi connectivity index (χ3v) is 2.76. The van der Waals surface area contributed by atoms with Gasteiger partial charge in [-0.1, -0.05) is 38.0 Å². The molecule has 13 heavy (non-hydrogen) atoms. The smallest absolute Gasteiger partial charge is 0.0578 e. The summed E-state index contributed by atoms with van der Waals surface area (Å²) in [7, 11) is 0. The molecule has 0 atom stereocenters. The quantitative estimate of drug-likeness (QED) is 0.643. The fourth-order valence-corrected chi connectivity index (χ4v) is 1.94. The highest BCUT2D eigenvalue weighted by Crippen LogP contribution is 2.16. The fraction of sp³-hybridized carbons (Fsp3) is 0.833. The van der Waals surface area contributed by atoms with E-state index in [-0.39, 0.29) is 0 Å². The van der Waals surface area contributed by atoms with Crippen molar-refractivity contribution in [3.05, 3.63) is 0 Å². The summed E-state index contributed by atoms with van der Waals surface area (Å²) in [6, 6.07) is 0.737. The molecule has 0 aliphatic heterocycles. The van der Waals surface area contributed by atoms with Crippen LogP contribution in [0.2, 0.25) is 0 Å². The number of rotatable bonds is 2. The second-order valence-electron chi connectivity index (χ2n) is 3.85. The van der Waals surface area contributed by atoms with Crippen LogP contribution in [-0.2, 0) is 0 Å². The summed E-state index contributed by atoms with van der Waals surface area (Å²) >= 11 is 0. The van der Waals surface area contributed by atoms with Gasteiger partial charge in [-0.3, -0.25) is 0 Å². The van der Waals surface area contributed by atoms with Gasteiger partial charge >= 0.3 is 0 Å². The van der Waals surface area contributed by atoms with Crippen molar-refractivity contribution in [1.29, 1.82) is 0 Å². The third kappa shape index (κ3) is 4.95. The van der Waals surface area contributed by atoms with Crippen molar-refractivity contribution in [3.63, 3.8) is 0 Å². The summed E-state index contributed by atoms with van der Waals surface area (Å²) in [6.07, 6.45) is 9.81. The fourth-order valence-electron chi connectivity index (χ4n) is 1.94. The van der Waals surface area contributed by atoms with Gasteiger partial charge in [-0.25, -0.2) is 0 Å². The third-order valence-electron chi connectivity index (χ3n) is 2.76. The largest absolute Gasteiger partial charge is 0.303 e. The molecule has 0 unspecified atom stereocenters. The number of hydrogen-bond donors (Lipinski definition) is 1. The minimum Gasteiger partial charge on any atom is -0.303 e. The van der Waals surface area contributed by atoms with E-state index in [9.17, 15) is 0 Å². The van der Waals surface area contributed by atoms with Gasteiger partial charge in [-0.2, -0.15) is 0 Å². The van der Waals surface area contributed by atoms with Gasteiger partial charge in [-0.15, -0.1) is 5.92 Å². The average Bonchev–Trinajstić information content (AvgIpc) is 2.08. The molecule has 1 rings (SSSR count). The van der Waals surface area contributed by atoms with E-state index in [1.54, 1.807) is 0 Å². The molecule has 0 heterocycles. The zero-order valence-corrected chi connectivity index (χ0v) is 8.73.